The second kappa shape index (κ2) is 4.16. The smallest absolute Gasteiger partial charge is 0.169 e. The van der Waals surface area contributed by atoms with Gasteiger partial charge in [-0.15, -0.1) is 5.10 Å². The Bertz CT molecular complexity index is 450. The van der Waals surface area contributed by atoms with Crippen LogP contribution in [0.2, 0.25) is 0 Å². The molecule has 6 heteroatoms. The first-order valence-corrected chi connectivity index (χ1v) is 5.27. The molecule has 0 saturated heterocycles. The molecular weight excluding hydrogens is 262 g/mol. The van der Waals surface area contributed by atoms with Gasteiger partial charge >= 0.3 is 0 Å². The summed E-state index contributed by atoms with van der Waals surface area (Å²) < 4.78 is 7.63. The Morgan fingerprint density at radius 2 is 2.40 bits per heavy atom. The zero-order valence-corrected chi connectivity index (χ0v) is 9.68. The van der Waals surface area contributed by atoms with Crippen molar-refractivity contribution in [3.8, 4) is 0 Å². The fourth-order valence-electron chi connectivity index (χ4n) is 1.18. The molecule has 2 aromatic rings. The lowest BCUT2D eigenvalue weighted by Crippen LogP contribution is -1.98. The van der Waals surface area contributed by atoms with Crippen molar-refractivity contribution in [2.75, 3.05) is 0 Å². The highest BCUT2D eigenvalue weighted by molar-refractivity contribution is 9.10. The number of rotatable bonds is 3. The molecular formula is C9H10BrN3O2. The van der Waals surface area contributed by atoms with E-state index in [4.69, 9.17) is 4.42 Å². The predicted molar refractivity (Wildman–Crippen MR) is 56.2 cm³/mol. The zero-order valence-electron chi connectivity index (χ0n) is 8.09. The summed E-state index contributed by atoms with van der Waals surface area (Å²) in [5.74, 6) is 0.781. The average Bonchev–Trinajstić information content (AvgIpc) is 2.76. The maximum atomic E-state index is 9.26. The lowest BCUT2D eigenvalue weighted by molar-refractivity contribution is 0.194. The molecule has 2 rings (SSSR count). The summed E-state index contributed by atoms with van der Waals surface area (Å²) in [6.45, 7) is 2.16. The summed E-state index contributed by atoms with van der Waals surface area (Å²) in [6, 6.07) is 3.68. The van der Waals surface area contributed by atoms with Crippen molar-refractivity contribution in [1.29, 1.82) is 0 Å². The fourth-order valence-corrected chi connectivity index (χ4v) is 1.52. The molecule has 0 aliphatic carbocycles. The highest BCUT2D eigenvalue weighted by Gasteiger charge is 2.07. The molecule has 1 N–H and O–H groups in total. The van der Waals surface area contributed by atoms with Crippen molar-refractivity contribution in [1.82, 2.24) is 15.0 Å². The van der Waals surface area contributed by atoms with Gasteiger partial charge in [0.25, 0.3) is 0 Å². The van der Waals surface area contributed by atoms with E-state index in [1.807, 2.05) is 12.1 Å². The molecule has 0 fully saturated rings. The molecule has 5 nitrogen and oxygen atoms in total. The number of nitrogens with zero attached hydrogens (tertiary/aromatic N) is 3. The molecule has 80 valence electrons. The van der Waals surface area contributed by atoms with Crippen molar-refractivity contribution in [3.05, 3.63) is 34.5 Å². The molecule has 0 amide bonds. The van der Waals surface area contributed by atoms with E-state index in [1.54, 1.807) is 17.8 Å². The van der Waals surface area contributed by atoms with Crippen LogP contribution in [0.5, 0.6) is 0 Å². The number of hydrogen-bond donors (Lipinski definition) is 1. The second-order valence-corrected chi connectivity index (χ2v) is 4.00. The van der Waals surface area contributed by atoms with Crippen molar-refractivity contribution in [2.45, 2.75) is 19.6 Å². The van der Waals surface area contributed by atoms with Gasteiger partial charge in [-0.3, -0.25) is 0 Å². The molecule has 1 atom stereocenters. The van der Waals surface area contributed by atoms with Gasteiger partial charge in [0, 0.05) is 0 Å². The number of aliphatic hydroxyl groups is 1. The van der Waals surface area contributed by atoms with E-state index in [-0.39, 0.29) is 0 Å². The number of hydrogen-bond acceptors (Lipinski definition) is 4. The third-order valence-electron chi connectivity index (χ3n) is 1.93. The average molecular weight is 272 g/mol. The van der Waals surface area contributed by atoms with Gasteiger partial charge in [-0.25, -0.2) is 4.68 Å². The van der Waals surface area contributed by atoms with Crippen molar-refractivity contribution < 1.29 is 9.52 Å². The van der Waals surface area contributed by atoms with Crippen LogP contribution in [0.4, 0.5) is 0 Å². The topological polar surface area (TPSA) is 64.1 Å². The molecule has 0 aliphatic heterocycles. The monoisotopic (exact) mass is 271 g/mol. The summed E-state index contributed by atoms with van der Waals surface area (Å²) in [5, 5.41) is 17.0. The molecule has 2 heterocycles. The summed E-state index contributed by atoms with van der Waals surface area (Å²) in [4.78, 5) is 0. The first-order chi connectivity index (χ1) is 7.15. The summed E-state index contributed by atoms with van der Waals surface area (Å²) in [5.41, 5.74) is 0.556. The van der Waals surface area contributed by atoms with Crippen LogP contribution in [0.1, 0.15) is 24.5 Å². The van der Waals surface area contributed by atoms with Crippen LogP contribution < -0.4 is 0 Å². The van der Waals surface area contributed by atoms with Crippen LogP contribution in [0.25, 0.3) is 0 Å². The third-order valence-corrected chi connectivity index (χ3v) is 2.36. The Morgan fingerprint density at radius 1 is 1.60 bits per heavy atom. The van der Waals surface area contributed by atoms with Gasteiger partial charge in [-0.2, -0.15) is 0 Å². The van der Waals surface area contributed by atoms with Gasteiger partial charge in [0.1, 0.15) is 18.0 Å². The van der Waals surface area contributed by atoms with Crippen LogP contribution >= 0.6 is 15.9 Å². The largest absolute Gasteiger partial charge is 0.452 e. The summed E-state index contributed by atoms with van der Waals surface area (Å²) >= 11 is 3.22. The molecule has 15 heavy (non-hydrogen) atoms. The SMILES string of the molecule is CC(O)c1cn(Cc2ccc(Br)o2)nn1. The Kier molecular flexibility index (Phi) is 2.88. The summed E-state index contributed by atoms with van der Waals surface area (Å²) in [6.07, 6.45) is 1.10. The van der Waals surface area contributed by atoms with E-state index >= 15 is 0 Å². The highest BCUT2D eigenvalue weighted by Crippen LogP contribution is 2.15. The molecule has 2 aromatic heterocycles. The number of aliphatic hydroxyl groups excluding tert-OH is 1. The number of furan rings is 1. The van der Waals surface area contributed by atoms with Gasteiger partial charge in [0.15, 0.2) is 4.67 Å². The lowest BCUT2D eigenvalue weighted by Gasteiger charge is -1.96. The van der Waals surface area contributed by atoms with Crippen molar-refractivity contribution in [2.24, 2.45) is 0 Å². The maximum Gasteiger partial charge on any atom is 0.169 e. The molecule has 0 aliphatic rings. The highest BCUT2D eigenvalue weighted by atomic mass is 79.9. The van der Waals surface area contributed by atoms with E-state index in [9.17, 15) is 5.11 Å². The van der Waals surface area contributed by atoms with Gasteiger partial charge in [-0.05, 0) is 35.0 Å². The first kappa shape index (κ1) is 10.4. The summed E-state index contributed by atoms with van der Waals surface area (Å²) in [7, 11) is 0. The Labute approximate surface area is 94.8 Å². The lowest BCUT2D eigenvalue weighted by atomic mass is 10.3. The molecule has 1 unspecified atom stereocenters. The van der Waals surface area contributed by atoms with Gasteiger partial charge in [-0.1, -0.05) is 5.21 Å². The van der Waals surface area contributed by atoms with E-state index in [2.05, 4.69) is 26.2 Å². The van der Waals surface area contributed by atoms with E-state index < -0.39 is 6.10 Å². The van der Waals surface area contributed by atoms with Crippen molar-refractivity contribution in [3.63, 3.8) is 0 Å². The van der Waals surface area contributed by atoms with Crippen molar-refractivity contribution >= 4 is 15.9 Å². The van der Waals surface area contributed by atoms with Crippen LogP contribution in [-0.2, 0) is 6.54 Å². The molecule has 0 bridgehead atoms. The number of halogens is 1. The van der Waals surface area contributed by atoms with Crippen LogP contribution in [0, 0.1) is 0 Å². The van der Waals surface area contributed by atoms with Crippen LogP contribution in [-0.4, -0.2) is 20.1 Å². The fraction of sp³-hybridized carbons (Fsp3) is 0.333. The van der Waals surface area contributed by atoms with E-state index in [1.165, 1.54) is 0 Å². The Balaban J connectivity index is 2.11. The molecule has 0 radical (unpaired) electrons. The molecule has 0 saturated carbocycles. The minimum Gasteiger partial charge on any atom is -0.452 e. The normalized spacial score (nSPS) is 13.0. The van der Waals surface area contributed by atoms with Gasteiger partial charge in [0.2, 0.25) is 0 Å². The van der Waals surface area contributed by atoms with E-state index in [0.717, 1.165) is 5.76 Å². The molecule has 0 aromatic carbocycles. The maximum absolute atomic E-state index is 9.26. The zero-order chi connectivity index (χ0) is 10.8. The minimum absolute atomic E-state index is 0.505. The first-order valence-electron chi connectivity index (χ1n) is 4.47. The van der Waals surface area contributed by atoms with Gasteiger partial charge in [0.05, 0.1) is 12.3 Å². The minimum atomic E-state index is -0.595. The van der Waals surface area contributed by atoms with Gasteiger partial charge < -0.3 is 9.52 Å². The van der Waals surface area contributed by atoms with E-state index in [0.29, 0.717) is 16.9 Å². The predicted octanol–water partition coefficient (Wildman–Crippen LogP) is 1.74. The third kappa shape index (κ3) is 2.45. The standard InChI is InChI=1S/C9H10BrN3O2/c1-6(14)8-5-13(12-11-8)4-7-2-3-9(10)15-7/h2-3,5-6,14H,4H2,1H3. The number of aromatic nitrogens is 3. The quantitative estimate of drug-likeness (QED) is 0.924. The van der Waals surface area contributed by atoms with Crippen LogP contribution in [0.3, 0.4) is 0 Å². The van der Waals surface area contributed by atoms with Crippen LogP contribution in [0.15, 0.2) is 27.4 Å². The molecule has 0 spiro atoms. The Morgan fingerprint density at radius 3 is 2.93 bits per heavy atom. The second-order valence-electron chi connectivity index (χ2n) is 3.22. The Hall–Kier alpha value is -1.14.